The summed E-state index contributed by atoms with van der Waals surface area (Å²) in [5.41, 5.74) is 4.31. The summed E-state index contributed by atoms with van der Waals surface area (Å²) < 4.78 is 50.6. The van der Waals surface area contributed by atoms with E-state index < -0.39 is 21.7 Å². The maximum Gasteiger partial charge on any atom is 0.238 e. The number of rotatable bonds is 3. The third-order valence-corrected chi connectivity index (χ3v) is 5.02. The van der Waals surface area contributed by atoms with Crippen LogP contribution in [0.25, 0.3) is 22.3 Å². The molecule has 0 bridgehead atoms. The molecule has 0 fully saturated rings. The van der Waals surface area contributed by atoms with Crippen LogP contribution in [0.15, 0.2) is 59.5 Å². The van der Waals surface area contributed by atoms with Crippen LogP contribution in [0.5, 0.6) is 0 Å². The molecule has 3 rings (SSSR count). The second-order valence-corrected chi connectivity index (χ2v) is 7.82. The van der Waals surface area contributed by atoms with E-state index in [1.54, 1.807) is 0 Å². The molecule has 0 heterocycles. The Morgan fingerprint density at radius 2 is 1.19 bits per heavy atom. The summed E-state index contributed by atoms with van der Waals surface area (Å²) in [6.07, 6.45) is 0. The lowest BCUT2D eigenvalue weighted by Crippen LogP contribution is -2.11. The number of halogens is 2. The van der Waals surface area contributed by atoms with E-state index >= 15 is 0 Å². The molecule has 0 aliphatic rings. The van der Waals surface area contributed by atoms with Gasteiger partial charge in [-0.1, -0.05) is 41.5 Å². The number of hydrogen-bond donors (Lipinski definition) is 1. The number of sulfonamides is 1. The Hall–Kier alpha value is -2.57. The van der Waals surface area contributed by atoms with Crippen LogP contribution in [0.4, 0.5) is 8.78 Å². The summed E-state index contributed by atoms with van der Waals surface area (Å²) in [5, 5.41) is 5.11. The van der Waals surface area contributed by atoms with Crippen molar-refractivity contribution in [1.29, 1.82) is 0 Å². The Labute approximate surface area is 151 Å². The number of hydrogen-bond acceptors (Lipinski definition) is 2. The largest absolute Gasteiger partial charge is 0.238 e. The van der Waals surface area contributed by atoms with Gasteiger partial charge in [-0.05, 0) is 60.4 Å². The van der Waals surface area contributed by atoms with E-state index in [-0.39, 0.29) is 4.90 Å². The molecule has 0 spiro atoms. The molecule has 6 heteroatoms. The Bertz CT molecular complexity index is 1070. The monoisotopic (exact) mass is 373 g/mol. The minimum absolute atomic E-state index is 0.0446. The quantitative estimate of drug-likeness (QED) is 0.731. The van der Waals surface area contributed by atoms with Gasteiger partial charge in [0.25, 0.3) is 0 Å². The van der Waals surface area contributed by atoms with Crippen molar-refractivity contribution >= 4 is 10.0 Å². The molecule has 0 unspecified atom stereocenters. The number of primary sulfonamides is 1. The molecule has 0 amide bonds. The van der Waals surface area contributed by atoms with Gasteiger partial charge in [-0.15, -0.1) is 0 Å². The molecule has 0 aliphatic heterocycles. The van der Waals surface area contributed by atoms with E-state index in [1.807, 2.05) is 32.0 Å². The first-order valence-electron chi connectivity index (χ1n) is 7.86. The van der Waals surface area contributed by atoms with Gasteiger partial charge in [0.1, 0.15) is 0 Å². The smallest absolute Gasteiger partial charge is 0.225 e. The summed E-state index contributed by atoms with van der Waals surface area (Å²) in [6.45, 7) is 3.86. The molecule has 0 saturated heterocycles. The maximum atomic E-state index is 13.9. The van der Waals surface area contributed by atoms with Gasteiger partial charge in [0.2, 0.25) is 10.0 Å². The minimum Gasteiger partial charge on any atom is -0.225 e. The molecule has 0 aromatic heterocycles. The zero-order chi connectivity index (χ0) is 19.1. The van der Waals surface area contributed by atoms with Crippen molar-refractivity contribution in [3.05, 3.63) is 77.4 Å². The van der Waals surface area contributed by atoms with Crippen LogP contribution in [-0.2, 0) is 10.0 Å². The van der Waals surface area contributed by atoms with Crippen molar-refractivity contribution < 1.29 is 17.2 Å². The fourth-order valence-corrected chi connectivity index (χ4v) is 3.49. The van der Waals surface area contributed by atoms with Crippen LogP contribution in [0, 0.1) is 25.5 Å². The molecule has 0 aliphatic carbocycles. The average Bonchev–Trinajstić information content (AvgIpc) is 2.55. The first kappa shape index (κ1) is 18.2. The third kappa shape index (κ3) is 3.66. The molecule has 3 aromatic rings. The van der Waals surface area contributed by atoms with E-state index in [0.29, 0.717) is 16.7 Å². The van der Waals surface area contributed by atoms with Crippen molar-refractivity contribution in [3.63, 3.8) is 0 Å². The maximum absolute atomic E-state index is 13.9. The van der Waals surface area contributed by atoms with Gasteiger partial charge in [-0.25, -0.2) is 22.3 Å². The SMILES string of the molecule is Cc1cc(C)cc(-c2cc(F)c(F)cc2-c2ccc(S(N)(=O)=O)cc2)c1. The second-order valence-electron chi connectivity index (χ2n) is 6.26. The van der Waals surface area contributed by atoms with E-state index in [2.05, 4.69) is 0 Å². The van der Waals surface area contributed by atoms with E-state index in [4.69, 9.17) is 5.14 Å². The zero-order valence-corrected chi connectivity index (χ0v) is 15.1. The lowest BCUT2D eigenvalue weighted by molar-refractivity contribution is 0.509. The molecular weight excluding hydrogens is 356 g/mol. The summed E-state index contributed by atoms with van der Waals surface area (Å²) in [7, 11) is -3.82. The van der Waals surface area contributed by atoms with Crippen LogP contribution in [0.3, 0.4) is 0 Å². The van der Waals surface area contributed by atoms with Gasteiger partial charge in [-0.3, -0.25) is 0 Å². The lowest BCUT2D eigenvalue weighted by atomic mass is 9.92. The Kier molecular flexibility index (Phi) is 4.64. The predicted molar refractivity (Wildman–Crippen MR) is 98.1 cm³/mol. The average molecular weight is 373 g/mol. The highest BCUT2D eigenvalue weighted by molar-refractivity contribution is 7.89. The summed E-state index contributed by atoms with van der Waals surface area (Å²) >= 11 is 0. The highest BCUT2D eigenvalue weighted by atomic mass is 32.2. The number of benzene rings is 3. The molecule has 134 valence electrons. The molecular formula is C20H17F2NO2S. The van der Waals surface area contributed by atoms with E-state index in [1.165, 1.54) is 24.3 Å². The predicted octanol–water partition coefficient (Wildman–Crippen LogP) is 4.56. The van der Waals surface area contributed by atoms with Gasteiger partial charge in [0.05, 0.1) is 4.90 Å². The van der Waals surface area contributed by atoms with Gasteiger partial charge >= 0.3 is 0 Å². The minimum atomic E-state index is -3.82. The highest BCUT2D eigenvalue weighted by Gasteiger charge is 2.15. The number of nitrogens with two attached hydrogens (primary N) is 1. The van der Waals surface area contributed by atoms with Crippen molar-refractivity contribution in [2.45, 2.75) is 18.7 Å². The summed E-state index contributed by atoms with van der Waals surface area (Å²) in [4.78, 5) is -0.0446. The van der Waals surface area contributed by atoms with E-state index in [0.717, 1.165) is 28.8 Å². The third-order valence-electron chi connectivity index (χ3n) is 4.09. The van der Waals surface area contributed by atoms with Crippen molar-refractivity contribution in [1.82, 2.24) is 0 Å². The first-order valence-corrected chi connectivity index (χ1v) is 9.41. The highest BCUT2D eigenvalue weighted by Crippen LogP contribution is 2.35. The van der Waals surface area contributed by atoms with Gasteiger partial charge in [-0.2, -0.15) is 0 Å². The Morgan fingerprint density at radius 3 is 1.65 bits per heavy atom. The molecule has 0 saturated carbocycles. The van der Waals surface area contributed by atoms with Crippen molar-refractivity contribution in [2.75, 3.05) is 0 Å². The van der Waals surface area contributed by atoms with Crippen LogP contribution in [0.1, 0.15) is 11.1 Å². The Balaban J connectivity index is 2.22. The van der Waals surface area contributed by atoms with Gasteiger partial charge < -0.3 is 0 Å². The molecule has 0 atom stereocenters. The Morgan fingerprint density at radius 1 is 0.731 bits per heavy atom. The normalized spacial score (nSPS) is 11.6. The van der Waals surface area contributed by atoms with E-state index in [9.17, 15) is 17.2 Å². The molecule has 3 nitrogen and oxygen atoms in total. The zero-order valence-electron chi connectivity index (χ0n) is 14.3. The van der Waals surface area contributed by atoms with Gasteiger partial charge in [0.15, 0.2) is 11.6 Å². The fourth-order valence-electron chi connectivity index (χ4n) is 2.98. The van der Waals surface area contributed by atoms with Crippen LogP contribution in [-0.4, -0.2) is 8.42 Å². The standard InChI is InChI=1S/C20H17F2NO2S/c1-12-7-13(2)9-15(8-12)18-11-20(22)19(21)10-17(18)14-3-5-16(6-4-14)26(23,24)25/h3-11H,1-2H3,(H2,23,24,25). The summed E-state index contributed by atoms with van der Waals surface area (Å²) in [5.74, 6) is -1.91. The second kappa shape index (κ2) is 6.63. The first-order chi connectivity index (χ1) is 12.1. The van der Waals surface area contributed by atoms with Crippen molar-refractivity contribution in [3.8, 4) is 22.3 Å². The van der Waals surface area contributed by atoms with Crippen molar-refractivity contribution in [2.24, 2.45) is 5.14 Å². The lowest BCUT2D eigenvalue weighted by Gasteiger charge is -2.13. The topological polar surface area (TPSA) is 60.2 Å². The summed E-state index contributed by atoms with van der Waals surface area (Å²) in [6, 6.07) is 13.8. The fraction of sp³-hybridized carbons (Fsp3) is 0.100. The number of aryl methyl sites for hydroxylation is 2. The van der Waals surface area contributed by atoms with Gasteiger partial charge in [0, 0.05) is 0 Å². The molecule has 0 radical (unpaired) electrons. The van der Waals surface area contributed by atoms with Crippen LogP contribution < -0.4 is 5.14 Å². The van der Waals surface area contributed by atoms with Crippen LogP contribution >= 0.6 is 0 Å². The molecule has 2 N–H and O–H groups in total. The molecule has 3 aromatic carbocycles. The van der Waals surface area contributed by atoms with Crippen LogP contribution in [0.2, 0.25) is 0 Å². The molecule has 26 heavy (non-hydrogen) atoms.